The number of rotatable bonds is 3. The van der Waals surface area contributed by atoms with Gasteiger partial charge in [-0.1, -0.05) is 13.8 Å². The lowest BCUT2D eigenvalue weighted by Gasteiger charge is -2.62. The van der Waals surface area contributed by atoms with E-state index < -0.39 is 42.8 Å². The first kappa shape index (κ1) is 24.9. The van der Waals surface area contributed by atoms with E-state index in [1.165, 1.54) is 0 Å². The number of fused-ring (bicyclic) bond motifs is 5. The van der Waals surface area contributed by atoms with Crippen LogP contribution in [0.3, 0.4) is 0 Å². The van der Waals surface area contributed by atoms with Crippen molar-refractivity contribution < 1.29 is 44.9 Å². The van der Waals surface area contributed by atoms with Gasteiger partial charge in [0.1, 0.15) is 18.3 Å². The Balaban J connectivity index is 1.29. The molecule has 9 nitrogen and oxygen atoms in total. The number of hydrogen-bond donors (Lipinski definition) is 6. The molecule has 4 saturated carbocycles. The van der Waals surface area contributed by atoms with E-state index in [1.807, 2.05) is 0 Å². The molecule has 4 aliphatic carbocycles. The maximum absolute atomic E-state index is 11.4. The smallest absolute Gasteiger partial charge is 0.335 e. The highest BCUT2D eigenvalue weighted by Gasteiger charge is 2.63. The molecule has 0 aromatic carbocycles. The topological polar surface area (TPSA) is 157 Å². The third-order valence-electron chi connectivity index (χ3n) is 10.6. The van der Waals surface area contributed by atoms with Crippen LogP contribution in [-0.4, -0.2) is 85.6 Å². The highest BCUT2D eigenvalue weighted by atomic mass is 16.7. The molecule has 9 heteroatoms. The van der Waals surface area contributed by atoms with Crippen molar-refractivity contribution in [2.45, 2.75) is 114 Å². The second-order valence-corrected chi connectivity index (χ2v) is 12.2. The maximum Gasteiger partial charge on any atom is 0.335 e. The van der Waals surface area contributed by atoms with Crippen molar-refractivity contribution in [3.05, 3.63) is 0 Å². The van der Waals surface area contributed by atoms with Gasteiger partial charge < -0.3 is 40.1 Å². The number of aliphatic carboxylic acids is 1. The minimum atomic E-state index is -1.73. The fourth-order valence-corrected chi connectivity index (χ4v) is 8.80. The molecule has 0 amide bonds. The van der Waals surface area contributed by atoms with E-state index >= 15 is 0 Å². The largest absolute Gasteiger partial charge is 0.479 e. The molecule has 0 bridgehead atoms. The summed E-state index contributed by atoms with van der Waals surface area (Å²) in [5.41, 5.74) is -0.257. The van der Waals surface area contributed by atoms with Gasteiger partial charge in [0.15, 0.2) is 12.4 Å². The van der Waals surface area contributed by atoms with Gasteiger partial charge in [-0.3, -0.25) is 0 Å². The average molecular weight is 485 g/mol. The fraction of sp³-hybridized carbons (Fsp3) is 0.960. The van der Waals surface area contributed by atoms with Gasteiger partial charge in [0.25, 0.3) is 0 Å². The Bertz CT molecular complexity index is 792. The first-order valence-corrected chi connectivity index (χ1v) is 12.9. The van der Waals surface area contributed by atoms with Crippen LogP contribution in [0.15, 0.2) is 0 Å². The van der Waals surface area contributed by atoms with Crippen molar-refractivity contribution >= 4 is 5.97 Å². The third-order valence-corrected chi connectivity index (χ3v) is 10.6. The van der Waals surface area contributed by atoms with Crippen LogP contribution in [0.2, 0.25) is 0 Å². The Hall–Kier alpha value is -0.810. The van der Waals surface area contributed by atoms with Gasteiger partial charge in [0, 0.05) is 0 Å². The number of carboxylic acids is 1. The standard InChI is InChI=1S/C25H40O9/c1-24-8-7-12(33-23-20(30)18(28)19(29)21(34-23)22(31)32)9-11(24)3-4-13-14-5-6-16(27)25(14,2)10-15(26)17(13)24/h11-21,23,26-30H,3-10H2,1-2H3,(H,31,32)/t11-,12+,13-,14-,15-,16-,17+,18-,19-,20+,21-,23+,24-,25-/m0/s1. The number of hydrogen-bond acceptors (Lipinski definition) is 8. The summed E-state index contributed by atoms with van der Waals surface area (Å²) in [7, 11) is 0. The molecular formula is C25H40O9. The van der Waals surface area contributed by atoms with Crippen LogP contribution in [0.25, 0.3) is 0 Å². The van der Waals surface area contributed by atoms with E-state index in [9.17, 15) is 35.4 Å². The third kappa shape index (κ3) is 3.66. The van der Waals surface area contributed by atoms with Crippen LogP contribution in [0, 0.1) is 34.5 Å². The summed E-state index contributed by atoms with van der Waals surface area (Å²) in [6.45, 7) is 4.44. The van der Waals surface area contributed by atoms with Crippen LogP contribution in [0.4, 0.5) is 0 Å². The summed E-state index contributed by atoms with van der Waals surface area (Å²) in [6, 6.07) is 0. The second kappa shape index (κ2) is 8.64. The first-order chi connectivity index (χ1) is 16.0. The molecule has 34 heavy (non-hydrogen) atoms. The molecule has 5 fully saturated rings. The zero-order valence-electron chi connectivity index (χ0n) is 20.0. The molecule has 0 radical (unpaired) electrons. The molecule has 0 aromatic rings. The quantitative estimate of drug-likeness (QED) is 0.316. The van der Waals surface area contributed by atoms with Gasteiger partial charge in [0.05, 0.1) is 18.3 Å². The zero-order chi connectivity index (χ0) is 24.6. The lowest BCUT2D eigenvalue weighted by Crippen LogP contribution is -2.62. The predicted octanol–water partition coefficient (Wildman–Crippen LogP) is 0.638. The van der Waals surface area contributed by atoms with E-state index in [2.05, 4.69) is 13.8 Å². The van der Waals surface area contributed by atoms with Crippen LogP contribution >= 0.6 is 0 Å². The minimum absolute atomic E-state index is 0.0532. The molecule has 14 atom stereocenters. The molecule has 6 N–H and O–H groups in total. The summed E-state index contributed by atoms with van der Waals surface area (Å²) in [6.07, 6.45) is -2.28. The molecule has 5 rings (SSSR count). The second-order valence-electron chi connectivity index (χ2n) is 12.2. The monoisotopic (exact) mass is 484 g/mol. The van der Waals surface area contributed by atoms with Crippen molar-refractivity contribution in [1.29, 1.82) is 0 Å². The predicted molar refractivity (Wildman–Crippen MR) is 118 cm³/mol. The summed E-state index contributed by atoms with van der Waals surface area (Å²) in [5.74, 6) is -0.0860. The Labute approximate surface area is 200 Å². The van der Waals surface area contributed by atoms with Gasteiger partial charge >= 0.3 is 5.97 Å². The Morgan fingerprint density at radius 1 is 0.912 bits per heavy atom. The number of ether oxygens (including phenoxy) is 2. The van der Waals surface area contributed by atoms with Crippen LogP contribution in [-0.2, 0) is 14.3 Å². The SMILES string of the molecule is C[C@]12CC[C@@H](O[C@@H]3O[C@H](C(=O)O)[C@@H](O)[C@H](O)[C@H]3O)C[C@@H]1CC[C@@H]1[C@@H]2[C@@H](O)C[C@]2(C)[C@@H](O)CC[C@@H]12. The van der Waals surface area contributed by atoms with E-state index in [4.69, 9.17) is 9.47 Å². The van der Waals surface area contributed by atoms with Gasteiger partial charge in [-0.25, -0.2) is 4.79 Å². The van der Waals surface area contributed by atoms with Crippen molar-refractivity contribution in [1.82, 2.24) is 0 Å². The average Bonchev–Trinajstić information content (AvgIpc) is 3.07. The molecule has 1 saturated heterocycles. The summed E-state index contributed by atoms with van der Waals surface area (Å²) in [5, 5.41) is 61.6. The number of carboxylic acid groups (broad SMARTS) is 1. The Morgan fingerprint density at radius 2 is 1.65 bits per heavy atom. The molecule has 0 aromatic heterocycles. The number of aliphatic hydroxyl groups is 5. The van der Waals surface area contributed by atoms with Crippen LogP contribution in [0.5, 0.6) is 0 Å². The fourth-order valence-electron chi connectivity index (χ4n) is 8.80. The molecule has 0 spiro atoms. The van der Waals surface area contributed by atoms with Gasteiger partial charge in [-0.2, -0.15) is 0 Å². The molecule has 5 aliphatic rings. The number of aliphatic hydroxyl groups excluding tert-OH is 5. The normalized spacial score (nSPS) is 57.4. The molecule has 1 heterocycles. The van der Waals surface area contributed by atoms with Crippen LogP contribution in [0.1, 0.15) is 65.2 Å². The molecular weight excluding hydrogens is 444 g/mol. The van der Waals surface area contributed by atoms with Crippen molar-refractivity contribution in [2.24, 2.45) is 34.5 Å². The molecule has 194 valence electrons. The van der Waals surface area contributed by atoms with Crippen LogP contribution < -0.4 is 0 Å². The van der Waals surface area contributed by atoms with Crippen molar-refractivity contribution in [2.75, 3.05) is 0 Å². The number of carbonyl (C=O) groups is 1. The van der Waals surface area contributed by atoms with Crippen molar-refractivity contribution in [3.63, 3.8) is 0 Å². The molecule has 1 aliphatic heterocycles. The Morgan fingerprint density at radius 3 is 2.35 bits per heavy atom. The first-order valence-electron chi connectivity index (χ1n) is 12.9. The summed E-state index contributed by atoms with van der Waals surface area (Å²) < 4.78 is 11.3. The van der Waals surface area contributed by atoms with Gasteiger partial charge in [-0.15, -0.1) is 0 Å². The van der Waals surface area contributed by atoms with E-state index in [0.29, 0.717) is 37.0 Å². The summed E-state index contributed by atoms with van der Waals surface area (Å²) in [4.78, 5) is 11.4. The lowest BCUT2D eigenvalue weighted by atomic mass is 9.44. The summed E-state index contributed by atoms with van der Waals surface area (Å²) >= 11 is 0. The minimum Gasteiger partial charge on any atom is -0.479 e. The van der Waals surface area contributed by atoms with Gasteiger partial charge in [0.2, 0.25) is 0 Å². The lowest BCUT2D eigenvalue weighted by molar-refractivity contribution is -0.310. The zero-order valence-corrected chi connectivity index (χ0v) is 20.0. The van der Waals surface area contributed by atoms with E-state index in [1.54, 1.807) is 0 Å². The Kier molecular flexibility index (Phi) is 6.32. The van der Waals surface area contributed by atoms with E-state index in [0.717, 1.165) is 32.1 Å². The maximum atomic E-state index is 11.4. The van der Waals surface area contributed by atoms with E-state index in [-0.39, 0.29) is 29.0 Å². The highest BCUT2D eigenvalue weighted by molar-refractivity contribution is 5.73. The van der Waals surface area contributed by atoms with Crippen molar-refractivity contribution in [3.8, 4) is 0 Å². The molecule has 0 unspecified atom stereocenters. The highest BCUT2D eigenvalue weighted by Crippen LogP contribution is 2.66. The van der Waals surface area contributed by atoms with Gasteiger partial charge in [-0.05, 0) is 85.9 Å².